The molecular formula is C14H21N5O. The van der Waals surface area contributed by atoms with E-state index in [0.29, 0.717) is 0 Å². The summed E-state index contributed by atoms with van der Waals surface area (Å²) in [7, 11) is 0. The Morgan fingerprint density at radius 2 is 2.15 bits per heavy atom. The van der Waals surface area contributed by atoms with Crippen molar-refractivity contribution in [2.24, 2.45) is 5.92 Å². The molecule has 2 fully saturated rings. The number of anilines is 2. The maximum atomic E-state index is 11.3. The fraction of sp³-hybridized carbons (Fsp3) is 0.643. The smallest absolute Gasteiger partial charge is 0.219 e. The van der Waals surface area contributed by atoms with E-state index >= 15 is 0 Å². The number of nitrogens with zero attached hydrogens (tertiary/aromatic N) is 3. The van der Waals surface area contributed by atoms with E-state index in [-0.39, 0.29) is 11.9 Å². The molecule has 0 aromatic carbocycles. The minimum absolute atomic E-state index is 0.142. The van der Waals surface area contributed by atoms with E-state index in [0.717, 1.165) is 43.6 Å². The first-order valence-corrected chi connectivity index (χ1v) is 7.28. The van der Waals surface area contributed by atoms with Gasteiger partial charge in [0.25, 0.3) is 0 Å². The summed E-state index contributed by atoms with van der Waals surface area (Å²) in [5.41, 5.74) is 0. The van der Waals surface area contributed by atoms with Crippen LogP contribution in [0.15, 0.2) is 12.4 Å². The molecule has 3 rings (SSSR count). The molecule has 1 saturated carbocycles. The van der Waals surface area contributed by atoms with E-state index in [1.54, 1.807) is 13.3 Å². The van der Waals surface area contributed by atoms with Crippen molar-refractivity contribution in [3.05, 3.63) is 12.4 Å². The van der Waals surface area contributed by atoms with Gasteiger partial charge in [-0.1, -0.05) is 0 Å². The van der Waals surface area contributed by atoms with Crippen molar-refractivity contribution in [2.45, 2.75) is 32.2 Å². The van der Waals surface area contributed by atoms with Crippen molar-refractivity contribution in [2.75, 3.05) is 30.3 Å². The van der Waals surface area contributed by atoms with Crippen LogP contribution in [0.1, 0.15) is 26.2 Å². The molecule has 1 aliphatic carbocycles. The summed E-state index contributed by atoms with van der Waals surface area (Å²) in [6.07, 6.45) is 5.20. The normalized spacial score (nSPS) is 21.9. The highest BCUT2D eigenvalue weighted by atomic mass is 16.2. The number of hydrogen-bond acceptors (Lipinski definition) is 5. The third-order valence-corrected chi connectivity index (χ3v) is 3.92. The Kier molecular flexibility index (Phi) is 3.71. The molecular weight excluding hydrogens is 254 g/mol. The summed E-state index contributed by atoms with van der Waals surface area (Å²) in [4.78, 5) is 21.7. The van der Waals surface area contributed by atoms with Crippen LogP contribution in [0.3, 0.4) is 0 Å². The molecule has 2 aliphatic rings. The second-order valence-corrected chi connectivity index (χ2v) is 5.71. The molecule has 20 heavy (non-hydrogen) atoms. The Morgan fingerprint density at radius 1 is 1.35 bits per heavy atom. The molecule has 2 heterocycles. The van der Waals surface area contributed by atoms with Crippen molar-refractivity contribution < 1.29 is 4.79 Å². The van der Waals surface area contributed by atoms with E-state index in [1.807, 2.05) is 11.0 Å². The fourth-order valence-electron chi connectivity index (χ4n) is 2.48. The average molecular weight is 275 g/mol. The van der Waals surface area contributed by atoms with E-state index in [9.17, 15) is 4.79 Å². The SMILES string of the molecule is CC(=O)N1CC[C@H](Nc2cc(NCC3CC3)ncn2)C1. The number of carbonyl (C=O) groups is 1. The van der Waals surface area contributed by atoms with Gasteiger partial charge in [-0.3, -0.25) is 4.79 Å². The summed E-state index contributed by atoms with van der Waals surface area (Å²) in [6.45, 7) is 4.19. The summed E-state index contributed by atoms with van der Waals surface area (Å²) in [6, 6.07) is 2.23. The average Bonchev–Trinajstić information content (AvgIpc) is 3.15. The van der Waals surface area contributed by atoms with E-state index in [2.05, 4.69) is 20.6 Å². The molecule has 0 bridgehead atoms. The lowest BCUT2D eigenvalue weighted by molar-refractivity contribution is -0.127. The van der Waals surface area contributed by atoms with Gasteiger partial charge in [0.05, 0.1) is 0 Å². The predicted octanol–water partition coefficient (Wildman–Crippen LogP) is 1.33. The largest absolute Gasteiger partial charge is 0.370 e. The standard InChI is InChI=1S/C14H21N5O/c1-10(20)19-5-4-12(8-19)18-14-6-13(16-9-17-14)15-7-11-2-3-11/h6,9,11-12H,2-5,7-8H2,1H3,(H2,15,16,17,18)/t12-/m0/s1. The third kappa shape index (κ3) is 3.37. The fourth-order valence-corrected chi connectivity index (χ4v) is 2.48. The lowest BCUT2D eigenvalue weighted by Gasteiger charge is -2.15. The van der Waals surface area contributed by atoms with Gasteiger partial charge in [0.1, 0.15) is 18.0 Å². The van der Waals surface area contributed by atoms with Gasteiger partial charge >= 0.3 is 0 Å². The Balaban J connectivity index is 1.54. The molecule has 1 amide bonds. The number of nitrogens with one attached hydrogen (secondary N) is 2. The monoisotopic (exact) mass is 275 g/mol. The molecule has 6 heteroatoms. The molecule has 1 aromatic heterocycles. The van der Waals surface area contributed by atoms with Crippen molar-refractivity contribution >= 4 is 17.5 Å². The highest BCUT2D eigenvalue weighted by Crippen LogP contribution is 2.28. The number of hydrogen-bond donors (Lipinski definition) is 2. The number of aromatic nitrogens is 2. The molecule has 1 saturated heterocycles. The van der Waals surface area contributed by atoms with Gasteiger partial charge in [-0.05, 0) is 25.2 Å². The Morgan fingerprint density at radius 3 is 2.85 bits per heavy atom. The molecule has 6 nitrogen and oxygen atoms in total. The quantitative estimate of drug-likeness (QED) is 0.848. The summed E-state index contributed by atoms with van der Waals surface area (Å²) < 4.78 is 0. The molecule has 0 spiro atoms. The first-order chi connectivity index (χ1) is 9.70. The minimum atomic E-state index is 0.142. The van der Waals surface area contributed by atoms with Crippen LogP contribution in [0.2, 0.25) is 0 Å². The van der Waals surface area contributed by atoms with Gasteiger partial charge in [0, 0.05) is 38.7 Å². The highest BCUT2D eigenvalue weighted by molar-refractivity contribution is 5.73. The maximum absolute atomic E-state index is 11.3. The molecule has 0 unspecified atom stereocenters. The van der Waals surface area contributed by atoms with Crippen molar-refractivity contribution in [1.29, 1.82) is 0 Å². The van der Waals surface area contributed by atoms with Gasteiger partial charge in [-0.15, -0.1) is 0 Å². The van der Waals surface area contributed by atoms with Crippen molar-refractivity contribution in [3.63, 3.8) is 0 Å². The number of carbonyl (C=O) groups excluding carboxylic acids is 1. The van der Waals surface area contributed by atoms with Crippen molar-refractivity contribution in [3.8, 4) is 0 Å². The lowest BCUT2D eigenvalue weighted by atomic mass is 10.2. The van der Waals surface area contributed by atoms with Crippen LogP contribution in [0.25, 0.3) is 0 Å². The first kappa shape index (κ1) is 13.1. The topological polar surface area (TPSA) is 70.2 Å². The van der Waals surface area contributed by atoms with Crippen LogP contribution < -0.4 is 10.6 Å². The molecule has 2 N–H and O–H groups in total. The van der Waals surface area contributed by atoms with Crippen LogP contribution >= 0.6 is 0 Å². The van der Waals surface area contributed by atoms with Gasteiger partial charge in [-0.25, -0.2) is 9.97 Å². The Bertz CT molecular complexity index is 488. The molecule has 1 atom stereocenters. The van der Waals surface area contributed by atoms with Crippen molar-refractivity contribution in [1.82, 2.24) is 14.9 Å². The maximum Gasteiger partial charge on any atom is 0.219 e. The van der Waals surface area contributed by atoms with Gasteiger partial charge in [-0.2, -0.15) is 0 Å². The second kappa shape index (κ2) is 5.64. The van der Waals surface area contributed by atoms with Gasteiger partial charge in [0.2, 0.25) is 5.91 Å². The zero-order chi connectivity index (χ0) is 13.9. The lowest BCUT2D eigenvalue weighted by Crippen LogP contribution is -2.29. The van der Waals surface area contributed by atoms with Gasteiger partial charge in [0.15, 0.2) is 0 Å². The molecule has 0 radical (unpaired) electrons. The number of amides is 1. The molecule has 108 valence electrons. The van der Waals surface area contributed by atoms with Crippen LogP contribution in [0.4, 0.5) is 11.6 Å². The molecule has 1 aliphatic heterocycles. The van der Waals surface area contributed by atoms with Crippen LogP contribution in [-0.4, -0.2) is 46.5 Å². The van der Waals surface area contributed by atoms with Crippen LogP contribution in [0, 0.1) is 5.92 Å². The minimum Gasteiger partial charge on any atom is -0.370 e. The predicted molar refractivity (Wildman–Crippen MR) is 77.5 cm³/mol. The Hall–Kier alpha value is -1.85. The summed E-state index contributed by atoms with van der Waals surface area (Å²) in [5.74, 6) is 2.66. The number of rotatable bonds is 5. The summed E-state index contributed by atoms with van der Waals surface area (Å²) >= 11 is 0. The summed E-state index contributed by atoms with van der Waals surface area (Å²) in [5, 5.41) is 6.73. The van der Waals surface area contributed by atoms with E-state index in [4.69, 9.17) is 0 Å². The number of likely N-dealkylation sites (tertiary alicyclic amines) is 1. The van der Waals surface area contributed by atoms with E-state index < -0.39 is 0 Å². The van der Waals surface area contributed by atoms with E-state index in [1.165, 1.54) is 12.8 Å². The Labute approximate surface area is 119 Å². The second-order valence-electron chi connectivity index (χ2n) is 5.71. The first-order valence-electron chi connectivity index (χ1n) is 7.28. The van der Waals surface area contributed by atoms with Crippen LogP contribution in [-0.2, 0) is 4.79 Å². The third-order valence-electron chi connectivity index (χ3n) is 3.92. The zero-order valence-electron chi connectivity index (χ0n) is 11.8. The zero-order valence-corrected chi connectivity index (χ0v) is 11.8. The highest BCUT2D eigenvalue weighted by Gasteiger charge is 2.24. The van der Waals surface area contributed by atoms with Gasteiger partial charge < -0.3 is 15.5 Å². The molecule has 1 aromatic rings. The van der Waals surface area contributed by atoms with Crippen LogP contribution in [0.5, 0.6) is 0 Å².